The average molecular weight is 444 g/mol. The van der Waals surface area contributed by atoms with Crippen molar-refractivity contribution in [2.45, 2.75) is 17.7 Å². The van der Waals surface area contributed by atoms with Gasteiger partial charge in [-0.1, -0.05) is 0 Å². The van der Waals surface area contributed by atoms with Crippen molar-refractivity contribution in [2.75, 3.05) is 25.5 Å². The van der Waals surface area contributed by atoms with Crippen LogP contribution in [0.15, 0.2) is 58.8 Å². The van der Waals surface area contributed by atoms with Gasteiger partial charge in [0.05, 0.1) is 17.7 Å². The number of anilines is 1. The predicted octanol–water partition coefficient (Wildman–Crippen LogP) is 3.86. The van der Waals surface area contributed by atoms with Crippen LogP contribution in [0.5, 0.6) is 5.75 Å². The van der Waals surface area contributed by atoms with Gasteiger partial charge in [0.2, 0.25) is 10.0 Å². The molecule has 0 bridgehead atoms. The van der Waals surface area contributed by atoms with E-state index in [1.807, 2.05) is 29.6 Å². The molecule has 2 heterocycles. The van der Waals surface area contributed by atoms with E-state index >= 15 is 0 Å². The molecule has 1 saturated heterocycles. The van der Waals surface area contributed by atoms with Crippen LogP contribution in [0.2, 0.25) is 0 Å². The first-order chi connectivity index (χ1) is 14.5. The molecule has 1 N–H and O–H groups in total. The van der Waals surface area contributed by atoms with Crippen LogP contribution in [-0.4, -0.2) is 43.8 Å². The Labute approximate surface area is 179 Å². The normalized spacial score (nSPS) is 14.6. The summed E-state index contributed by atoms with van der Waals surface area (Å²) in [6.45, 7) is 1.09. The Kier molecular flexibility index (Phi) is 5.85. The number of methoxy groups -OCH3 is 1. The Balaban J connectivity index is 1.44. The van der Waals surface area contributed by atoms with Crippen molar-refractivity contribution in [1.82, 2.24) is 9.29 Å². The largest absolute Gasteiger partial charge is 0.497 e. The van der Waals surface area contributed by atoms with Crippen molar-refractivity contribution in [3.8, 4) is 17.0 Å². The Hall–Kier alpha value is -2.75. The lowest BCUT2D eigenvalue weighted by Crippen LogP contribution is -2.27. The highest BCUT2D eigenvalue weighted by Gasteiger charge is 2.27. The van der Waals surface area contributed by atoms with Gasteiger partial charge in [0.1, 0.15) is 5.75 Å². The maximum atomic E-state index is 12.6. The van der Waals surface area contributed by atoms with Crippen molar-refractivity contribution < 1.29 is 17.9 Å². The summed E-state index contributed by atoms with van der Waals surface area (Å²) in [4.78, 5) is 17.2. The minimum absolute atomic E-state index is 0.206. The van der Waals surface area contributed by atoms with Crippen molar-refractivity contribution in [2.24, 2.45) is 0 Å². The Morgan fingerprint density at radius 2 is 1.73 bits per heavy atom. The van der Waals surface area contributed by atoms with E-state index < -0.39 is 10.0 Å². The van der Waals surface area contributed by atoms with Crippen molar-refractivity contribution >= 4 is 32.4 Å². The molecule has 0 saturated carbocycles. The molecule has 2 aromatic carbocycles. The molecule has 0 radical (unpaired) electrons. The first kappa shape index (κ1) is 20.5. The minimum atomic E-state index is -3.49. The van der Waals surface area contributed by atoms with Crippen LogP contribution >= 0.6 is 11.3 Å². The number of carbonyl (C=O) groups is 1. The SMILES string of the molecule is COc1ccc(-c2csc(NC(=O)c3ccc(S(=O)(=O)N4CCCC4)cc3)n2)cc1. The fourth-order valence-electron chi connectivity index (χ4n) is 3.25. The summed E-state index contributed by atoms with van der Waals surface area (Å²) < 4.78 is 31.8. The van der Waals surface area contributed by atoms with E-state index in [-0.39, 0.29) is 10.8 Å². The zero-order valence-electron chi connectivity index (χ0n) is 16.4. The van der Waals surface area contributed by atoms with Crippen LogP contribution < -0.4 is 10.1 Å². The van der Waals surface area contributed by atoms with Crippen molar-refractivity contribution in [1.29, 1.82) is 0 Å². The summed E-state index contributed by atoms with van der Waals surface area (Å²) in [5.41, 5.74) is 2.05. The first-order valence-electron chi connectivity index (χ1n) is 9.49. The van der Waals surface area contributed by atoms with Gasteiger partial charge < -0.3 is 4.74 Å². The Bertz CT molecular complexity index is 1130. The predicted molar refractivity (Wildman–Crippen MR) is 116 cm³/mol. The van der Waals surface area contributed by atoms with Gasteiger partial charge in [-0.2, -0.15) is 4.31 Å². The van der Waals surface area contributed by atoms with Gasteiger partial charge in [-0.15, -0.1) is 11.3 Å². The fourth-order valence-corrected chi connectivity index (χ4v) is 5.48. The second kappa shape index (κ2) is 8.55. The van der Waals surface area contributed by atoms with Crippen molar-refractivity contribution in [3.63, 3.8) is 0 Å². The fraction of sp³-hybridized carbons (Fsp3) is 0.238. The van der Waals surface area contributed by atoms with E-state index in [1.165, 1.54) is 39.9 Å². The van der Waals surface area contributed by atoms with Crippen LogP contribution in [0.1, 0.15) is 23.2 Å². The molecule has 0 unspecified atom stereocenters. The van der Waals surface area contributed by atoms with Crippen LogP contribution in [0.3, 0.4) is 0 Å². The van der Waals surface area contributed by atoms with Crippen molar-refractivity contribution in [3.05, 3.63) is 59.5 Å². The number of amides is 1. The van der Waals surface area contributed by atoms with Crippen LogP contribution in [0.25, 0.3) is 11.3 Å². The Morgan fingerprint density at radius 1 is 1.07 bits per heavy atom. The van der Waals surface area contributed by atoms with Gasteiger partial charge in [0, 0.05) is 29.6 Å². The Morgan fingerprint density at radius 3 is 2.37 bits per heavy atom. The smallest absolute Gasteiger partial charge is 0.257 e. The first-order valence-corrected chi connectivity index (χ1v) is 11.8. The van der Waals surface area contributed by atoms with Gasteiger partial charge >= 0.3 is 0 Å². The highest BCUT2D eigenvalue weighted by atomic mass is 32.2. The summed E-state index contributed by atoms with van der Waals surface area (Å²) in [5, 5.41) is 5.10. The van der Waals surface area contributed by atoms with Crippen LogP contribution in [0.4, 0.5) is 5.13 Å². The standard InChI is InChI=1S/C21H21N3O4S2/c1-28-17-8-4-15(5-9-17)19-14-29-21(22-19)23-20(25)16-6-10-18(11-7-16)30(26,27)24-12-2-3-13-24/h4-11,14H,2-3,12-13H2,1H3,(H,22,23,25). The second-order valence-electron chi connectivity index (χ2n) is 6.86. The van der Waals surface area contributed by atoms with Gasteiger partial charge in [-0.3, -0.25) is 10.1 Å². The third-order valence-corrected chi connectivity index (χ3v) is 7.60. The molecule has 1 aromatic heterocycles. The number of benzene rings is 2. The van der Waals surface area contributed by atoms with E-state index in [1.54, 1.807) is 7.11 Å². The van der Waals surface area contributed by atoms with E-state index in [0.29, 0.717) is 23.8 Å². The number of nitrogens with zero attached hydrogens (tertiary/aromatic N) is 2. The maximum Gasteiger partial charge on any atom is 0.257 e. The third kappa shape index (κ3) is 4.23. The molecule has 1 aliphatic heterocycles. The average Bonchev–Trinajstić information content (AvgIpc) is 3.47. The lowest BCUT2D eigenvalue weighted by molar-refractivity contribution is 0.102. The molecule has 156 valence electrons. The molecule has 1 amide bonds. The molecule has 1 fully saturated rings. The van der Waals surface area contributed by atoms with E-state index in [0.717, 1.165) is 29.8 Å². The number of rotatable bonds is 6. The highest BCUT2D eigenvalue weighted by Crippen LogP contribution is 2.27. The molecule has 1 aliphatic rings. The molecule has 0 spiro atoms. The maximum absolute atomic E-state index is 12.6. The number of ether oxygens (including phenoxy) is 1. The van der Waals surface area contributed by atoms with Gasteiger partial charge in [0.15, 0.2) is 5.13 Å². The summed E-state index contributed by atoms with van der Waals surface area (Å²) in [7, 11) is -1.88. The lowest BCUT2D eigenvalue weighted by Gasteiger charge is -2.15. The number of aromatic nitrogens is 1. The quantitative estimate of drug-likeness (QED) is 0.625. The molecular formula is C21H21N3O4S2. The highest BCUT2D eigenvalue weighted by molar-refractivity contribution is 7.89. The molecular weight excluding hydrogens is 422 g/mol. The van der Waals surface area contributed by atoms with Crippen LogP contribution in [-0.2, 0) is 10.0 Å². The zero-order valence-corrected chi connectivity index (χ0v) is 18.0. The zero-order chi connectivity index (χ0) is 21.1. The van der Waals surface area contributed by atoms with Gasteiger partial charge in [-0.25, -0.2) is 13.4 Å². The summed E-state index contributed by atoms with van der Waals surface area (Å²) in [5.74, 6) is 0.424. The van der Waals surface area contributed by atoms with Crippen LogP contribution in [0, 0.1) is 0 Å². The lowest BCUT2D eigenvalue weighted by atomic mass is 10.2. The van der Waals surface area contributed by atoms with E-state index in [4.69, 9.17) is 4.74 Å². The topological polar surface area (TPSA) is 88.6 Å². The van der Waals surface area contributed by atoms with E-state index in [9.17, 15) is 13.2 Å². The molecule has 0 atom stereocenters. The summed E-state index contributed by atoms with van der Waals surface area (Å²) in [6, 6.07) is 13.5. The number of nitrogens with one attached hydrogen (secondary N) is 1. The molecule has 7 nitrogen and oxygen atoms in total. The number of sulfonamides is 1. The second-order valence-corrected chi connectivity index (χ2v) is 9.65. The number of hydrogen-bond acceptors (Lipinski definition) is 6. The van der Waals surface area contributed by atoms with Gasteiger partial charge in [-0.05, 0) is 61.4 Å². The summed E-state index contributed by atoms with van der Waals surface area (Å²) in [6.07, 6.45) is 1.76. The molecule has 0 aliphatic carbocycles. The van der Waals surface area contributed by atoms with Gasteiger partial charge in [0.25, 0.3) is 5.91 Å². The van der Waals surface area contributed by atoms with E-state index in [2.05, 4.69) is 10.3 Å². The summed E-state index contributed by atoms with van der Waals surface area (Å²) >= 11 is 1.32. The third-order valence-electron chi connectivity index (χ3n) is 4.93. The monoisotopic (exact) mass is 443 g/mol. The number of carbonyl (C=O) groups excluding carboxylic acids is 1. The molecule has 3 aromatic rings. The number of hydrogen-bond donors (Lipinski definition) is 1. The molecule has 30 heavy (non-hydrogen) atoms. The molecule has 9 heteroatoms. The molecule has 4 rings (SSSR count). The number of thiazole rings is 1. The minimum Gasteiger partial charge on any atom is -0.497 e.